The Morgan fingerprint density at radius 1 is 1.18 bits per heavy atom. The number of guanidine groups is 1. The van der Waals surface area contributed by atoms with Gasteiger partial charge in [0, 0.05) is 33.4 Å². The highest BCUT2D eigenvalue weighted by molar-refractivity contribution is 5.79. The van der Waals surface area contributed by atoms with Gasteiger partial charge in [-0.2, -0.15) is 0 Å². The number of hydrogen-bond donors (Lipinski definition) is 2. The number of benzene rings is 1. The van der Waals surface area contributed by atoms with Crippen molar-refractivity contribution in [2.24, 2.45) is 4.99 Å². The van der Waals surface area contributed by atoms with Crippen LogP contribution in [0.25, 0.3) is 0 Å². The van der Waals surface area contributed by atoms with Crippen molar-refractivity contribution in [3.63, 3.8) is 0 Å². The van der Waals surface area contributed by atoms with Gasteiger partial charge in [0.05, 0.1) is 0 Å². The van der Waals surface area contributed by atoms with Crippen molar-refractivity contribution >= 4 is 5.96 Å². The van der Waals surface area contributed by atoms with Crippen LogP contribution in [0.4, 0.5) is 4.39 Å². The average molecular weight is 309 g/mol. The first kappa shape index (κ1) is 18.4. The zero-order valence-electron chi connectivity index (χ0n) is 13.7. The van der Waals surface area contributed by atoms with E-state index in [0.717, 1.165) is 50.5 Å². The van der Waals surface area contributed by atoms with Gasteiger partial charge in [-0.1, -0.05) is 18.2 Å². The van der Waals surface area contributed by atoms with Crippen LogP contribution in [0.5, 0.6) is 0 Å². The van der Waals surface area contributed by atoms with Gasteiger partial charge in [-0.15, -0.1) is 0 Å². The maximum absolute atomic E-state index is 13.5. The molecule has 0 spiro atoms. The molecule has 0 amide bonds. The Morgan fingerprint density at radius 2 is 2.00 bits per heavy atom. The van der Waals surface area contributed by atoms with Gasteiger partial charge < -0.3 is 15.4 Å². The molecular formula is C17H28FN3O. The zero-order valence-corrected chi connectivity index (χ0v) is 13.7. The molecule has 124 valence electrons. The van der Waals surface area contributed by atoms with Gasteiger partial charge in [-0.3, -0.25) is 4.99 Å². The topological polar surface area (TPSA) is 45.7 Å². The van der Waals surface area contributed by atoms with E-state index in [1.165, 1.54) is 6.07 Å². The number of hydrogen-bond acceptors (Lipinski definition) is 2. The van der Waals surface area contributed by atoms with Gasteiger partial charge in [0.15, 0.2) is 5.96 Å². The van der Waals surface area contributed by atoms with E-state index in [2.05, 4.69) is 15.6 Å². The summed E-state index contributed by atoms with van der Waals surface area (Å²) in [6.07, 6.45) is 3.88. The molecule has 0 saturated heterocycles. The lowest BCUT2D eigenvalue weighted by Crippen LogP contribution is -2.38. The lowest BCUT2D eigenvalue weighted by atomic mass is 10.1. The largest absolute Gasteiger partial charge is 0.385 e. The molecule has 0 unspecified atom stereocenters. The second kappa shape index (κ2) is 12.0. The van der Waals surface area contributed by atoms with Gasteiger partial charge in [0.2, 0.25) is 0 Å². The van der Waals surface area contributed by atoms with E-state index in [-0.39, 0.29) is 5.82 Å². The summed E-state index contributed by atoms with van der Waals surface area (Å²) in [6, 6.07) is 6.88. The first-order valence-corrected chi connectivity index (χ1v) is 8.02. The van der Waals surface area contributed by atoms with Crippen LogP contribution in [0, 0.1) is 5.82 Å². The monoisotopic (exact) mass is 309 g/mol. The molecule has 0 heterocycles. The third kappa shape index (κ3) is 7.98. The number of ether oxygens (including phenoxy) is 1. The SMILES string of the molecule is CCNC(=NCCCCCOC)NCCc1ccccc1F. The number of aliphatic imine (C=N–C) groups is 1. The number of methoxy groups -OCH3 is 1. The van der Waals surface area contributed by atoms with Crippen molar-refractivity contribution in [3.8, 4) is 0 Å². The summed E-state index contributed by atoms with van der Waals surface area (Å²) in [5.41, 5.74) is 0.727. The van der Waals surface area contributed by atoms with E-state index < -0.39 is 0 Å². The summed E-state index contributed by atoms with van der Waals surface area (Å²) in [4.78, 5) is 4.52. The summed E-state index contributed by atoms with van der Waals surface area (Å²) in [5.74, 6) is 0.648. The van der Waals surface area contributed by atoms with Crippen LogP contribution >= 0.6 is 0 Å². The zero-order chi connectivity index (χ0) is 16.0. The minimum Gasteiger partial charge on any atom is -0.385 e. The van der Waals surface area contributed by atoms with E-state index >= 15 is 0 Å². The maximum Gasteiger partial charge on any atom is 0.191 e. The fourth-order valence-corrected chi connectivity index (χ4v) is 2.08. The van der Waals surface area contributed by atoms with Crippen LogP contribution < -0.4 is 10.6 Å². The molecule has 22 heavy (non-hydrogen) atoms. The number of halogens is 1. The minimum atomic E-state index is -0.149. The van der Waals surface area contributed by atoms with Crippen LogP contribution in [0.3, 0.4) is 0 Å². The molecule has 1 aromatic rings. The van der Waals surface area contributed by atoms with Gasteiger partial charge in [0.1, 0.15) is 5.82 Å². The Hall–Kier alpha value is -1.62. The van der Waals surface area contributed by atoms with Crippen LogP contribution in [0.1, 0.15) is 31.7 Å². The standard InChI is InChI=1S/C17H28FN3O/c1-3-19-17(20-12-7-4-8-14-22-2)21-13-11-15-9-5-6-10-16(15)18/h5-6,9-10H,3-4,7-8,11-14H2,1-2H3,(H2,19,20,21). The minimum absolute atomic E-state index is 0.149. The Bertz CT molecular complexity index is 438. The molecule has 0 aliphatic rings. The molecule has 0 atom stereocenters. The Morgan fingerprint density at radius 3 is 2.73 bits per heavy atom. The molecule has 0 aliphatic heterocycles. The smallest absolute Gasteiger partial charge is 0.191 e. The highest BCUT2D eigenvalue weighted by Crippen LogP contribution is 2.06. The fraction of sp³-hybridized carbons (Fsp3) is 0.588. The Labute approximate surface area is 133 Å². The first-order chi connectivity index (χ1) is 10.8. The molecule has 4 nitrogen and oxygen atoms in total. The van der Waals surface area contributed by atoms with Crippen molar-refractivity contribution in [1.29, 1.82) is 0 Å². The quantitative estimate of drug-likeness (QED) is 0.397. The molecule has 0 saturated carbocycles. The van der Waals surface area contributed by atoms with E-state index in [0.29, 0.717) is 13.0 Å². The Balaban J connectivity index is 2.29. The lowest BCUT2D eigenvalue weighted by Gasteiger charge is -2.11. The summed E-state index contributed by atoms with van der Waals surface area (Å²) < 4.78 is 18.6. The van der Waals surface area contributed by atoms with Gasteiger partial charge in [0.25, 0.3) is 0 Å². The van der Waals surface area contributed by atoms with Crippen LogP contribution in [0.15, 0.2) is 29.3 Å². The molecule has 2 N–H and O–H groups in total. The predicted octanol–water partition coefficient (Wildman–Crippen LogP) is 2.74. The molecule has 0 aromatic heterocycles. The molecule has 0 fully saturated rings. The summed E-state index contributed by atoms with van der Waals surface area (Å²) in [5, 5.41) is 6.45. The third-order valence-corrected chi connectivity index (χ3v) is 3.27. The number of nitrogens with one attached hydrogen (secondary N) is 2. The molecular weight excluding hydrogens is 281 g/mol. The summed E-state index contributed by atoms with van der Waals surface area (Å²) >= 11 is 0. The molecule has 0 aliphatic carbocycles. The highest BCUT2D eigenvalue weighted by Gasteiger charge is 2.01. The van der Waals surface area contributed by atoms with E-state index in [9.17, 15) is 4.39 Å². The fourth-order valence-electron chi connectivity index (χ4n) is 2.08. The van der Waals surface area contributed by atoms with Crippen molar-refractivity contribution in [2.45, 2.75) is 32.6 Å². The average Bonchev–Trinajstić information content (AvgIpc) is 2.52. The van der Waals surface area contributed by atoms with Crippen molar-refractivity contribution < 1.29 is 9.13 Å². The van der Waals surface area contributed by atoms with E-state index in [1.54, 1.807) is 13.2 Å². The number of rotatable bonds is 10. The van der Waals surface area contributed by atoms with Crippen LogP contribution in [-0.4, -0.2) is 39.3 Å². The van der Waals surface area contributed by atoms with Crippen molar-refractivity contribution in [1.82, 2.24) is 10.6 Å². The van der Waals surface area contributed by atoms with Crippen LogP contribution in [0.2, 0.25) is 0 Å². The summed E-state index contributed by atoms with van der Waals surface area (Å²) in [6.45, 7) is 5.11. The molecule has 1 aromatic carbocycles. The predicted molar refractivity (Wildman–Crippen MR) is 89.8 cm³/mol. The molecule has 0 bridgehead atoms. The van der Waals surface area contributed by atoms with Crippen molar-refractivity contribution in [2.75, 3.05) is 33.4 Å². The summed E-state index contributed by atoms with van der Waals surface area (Å²) in [7, 11) is 1.72. The normalized spacial score (nSPS) is 11.5. The van der Waals surface area contributed by atoms with Crippen molar-refractivity contribution in [3.05, 3.63) is 35.6 Å². The Kier molecular flexibility index (Phi) is 10.0. The highest BCUT2D eigenvalue weighted by atomic mass is 19.1. The van der Waals surface area contributed by atoms with Gasteiger partial charge >= 0.3 is 0 Å². The third-order valence-electron chi connectivity index (χ3n) is 3.27. The number of nitrogens with zero attached hydrogens (tertiary/aromatic N) is 1. The van der Waals surface area contributed by atoms with Crippen LogP contribution in [-0.2, 0) is 11.2 Å². The van der Waals surface area contributed by atoms with Gasteiger partial charge in [-0.05, 0) is 44.2 Å². The molecule has 1 rings (SSSR count). The molecule has 0 radical (unpaired) electrons. The lowest BCUT2D eigenvalue weighted by molar-refractivity contribution is 0.192. The second-order valence-corrected chi connectivity index (χ2v) is 5.08. The van der Waals surface area contributed by atoms with Gasteiger partial charge in [-0.25, -0.2) is 4.39 Å². The van der Waals surface area contributed by atoms with E-state index in [1.807, 2.05) is 19.1 Å². The molecule has 5 heteroatoms. The second-order valence-electron chi connectivity index (χ2n) is 5.08. The maximum atomic E-state index is 13.5. The first-order valence-electron chi connectivity index (χ1n) is 8.02. The number of unbranched alkanes of at least 4 members (excludes halogenated alkanes) is 2. The van der Waals surface area contributed by atoms with E-state index in [4.69, 9.17) is 4.74 Å².